The molecule has 1 unspecified atom stereocenters. The predicted octanol–water partition coefficient (Wildman–Crippen LogP) is 6.53. The third kappa shape index (κ3) is 2.71. The number of furan rings is 1. The van der Waals surface area contributed by atoms with E-state index in [1.54, 1.807) is 6.26 Å². The molecule has 3 nitrogen and oxygen atoms in total. The summed E-state index contributed by atoms with van der Waals surface area (Å²) in [5.41, 5.74) is 6.80. The van der Waals surface area contributed by atoms with E-state index in [4.69, 9.17) is 16.0 Å². The van der Waals surface area contributed by atoms with Crippen molar-refractivity contribution >= 4 is 28.5 Å². The van der Waals surface area contributed by atoms with E-state index in [1.807, 2.05) is 42.5 Å². The third-order valence-corrected chi connectivity index (χ3v) is 5.90. The molecule has 0 bridgehead atoms. The molecule has 28 heavy (non-hydrogen) atoms. The molecule has 3 aromatic carbocycles. The Bertz CT molecular complexity index is 1220. The molecule has 1 heterocycles. The predicted molar refractivity (Wildman–Crippen MR) is 111 cm³/mol. The molecule has 0 amide bonds. The number of carboxylic acids is 1. The number of aryl methyl sites for hydroxylation is 1. The Morgan fingerprint density at radius 2 is 1.89 bits per heavy atom. The molecule has 1 aliphatic carbocycles. The van der Waals surface area contributed by atoms with Crippen LogP contribution < -0.4 is 0 Å². The van der Waals surface area contributed by atoms with E-state index < -0.39 is 11.9 Å². The first-order chi connectivity index (χ1) is 13.6. The highest BCUT2D eigenvalue weighted by molar-refractivity contribution is 6.34. The maximum atomic E-state index is 11.6. The topological polar surface area (TPSA) is 50.4 Å². The van der Waals surface area contributed by atoms with Crippen molar-refractivity contribution in [1.29, 1.82) is 0 Å². The van der Waals surface area contributed by atoms with Crippen molar-refractivity contribution in [3.05, 3.63) is 83.1 Å². The molecule has 1 aromatic heterocycles. The van der Waals surface area contributed by atoms with Crippen LogP contribution in [0.1, 0.15) is 23.5 Å². The number of fused-ring (bicyclic) bond motifs is 2. The van der Waals surface area contributed by atoms with Crippen molar-refractivity contribution in [2.75, 3.05) is 0 Å². The Balaban J connectivity index is 1.69. The van der Waals surface area contributed by atoms with Crippen molar-refractivity contribution < 1.29 is 14.3 Å². The van der Waals surface area contributed by atoms with E-state index in [9.17, 15) is 9.90 Å². The molecule has 1 aliphatic rings. The van der Waals surface area contributed by atoms with Crippen molar-refractivity contribution in [3.8, 4) is 22.3 Å². The summed E-state index contributed by atoms with van der Waals surface area (Å²) in [6, 6.07) is 19.9. The average Bonchev–Trinajstić information content (AvgIpc) is 3.33. The lowest BCUT2D eigenvalue weighted by Gasteiger charge is -2.14. The van der Waals surface area contributed by atoms with Gasteiger partial charge in [0.05, 0.1) is 12.2 Å². The molecule has 0 spiro atoms. The Labute approximate surface area is 167 Å². The minimum Gasteiger partial charge on any atom is -0.481 e. The summed E-state index contributed by atoms with van der Waals surface area (Å²) in [5, 5.41) is 11.2. The molecule has 4 heteroatoms. The highest BCUT2D eigenvalue weighted by Crippen LogP contribution is 2.41. The van der Waals surface area contributed by atoms with Gasteiger partial charge in [0.1, 0.15) is 5.58 Å². The lowest BCUT2D eigenvalue weighted by Crippen LogP contribution is -2.07. The van der Waals surface area contributed by atoms with Gasteiger partial charge in [-0.2, -0.15) is 0 Å². The Kier molecular flexibility index (Phi) is 3.99. The van der Waals surface area contributed by atoms with Crippen molar-refractivity contribution in [1.82, 2.24) is 0 Å². The molecule has 0 fully saturated rings. The fraction of sp³-hybridized carbons (Fsp3) is 0.125. The Morgan fingerprint density at radius 1 is 1.04 bits per heavy atom. The number of aliphatic carboxylic acids is 1. The van der Waals surface area contributed by atoms with Crippen LogP contribution in [-0.2, 0) is 11.2 Å². The SMILES string of the molecule is O=C(O)C1CCc2ccc(-c3cccc(Cl)c3-c3ccc4occc4c3)cc21. The van der Waals surface area contributed by atoms with E-state index in [-0.39, 0.29) is 0 Å². The van der Waals surface area contributed by atoms with Crippen molar-refractivity contribution in [2.45, 2.75) is 18.8 Å². The van der Waals surface area contributed by atoms with Gasteiger partial charge < -0.3 is 9.52 Å². The van der Waals surface area contributed by atoms with Gasteiger partial charge in [-0.05, 0) is 71.0 Å². The largest absolute Gasteiger partial charge is 0.481 e. The van der Waals surface area contributed by atoms with E-state index >= 15 is 0 Å². The molecule has 0 radical (unpaired) electrons. The van der Waals surface area contributed by atoms with Crippen LogP contribution in [0.25, 0.3) is 33.2 Å². The summed E-state index contributed by atoms with van der Waals surface area (Å²) in [4.78, 5) is 11.6. The van der Waals surface area contributed by atoms with E-state index in [0.29, 0.717) is 11.4 Å². The molecule has 1 atom stereocenters. The van der Waals surface area contributed by atoms with Crippen LogP contribution >= 0.6 is 11.6 Å². The summed E-state index contributed by atoms with van der Waals surface area (Å²) < 4.78 is 5.45. The Morgan fingerprint density at radius 3 is 2.75 bits per heavy atom. The van der Waals surface area contributed by atoms with Gasteiger partial charge in [-0.15, -0.1) is 0 Å². The molecule has 0 aliphatic heterocycles. The monoisotopic (exact) mass is 388 g/mol. The Hall–Kier alpha value is -3.04. The van der Waals surface area contributed by atoms with Gasteiger partial charge in [0.25, 0.3) is 0 Å². The summed E-state index contributed by atoms with van der Waals surface area (Å²) >= 11 is 6.62. The summed E-state index contributed by atoms with van der Waals surface area (Å²) in [6.45, 7) is 0. The number of benzene rings is 3. The number of carbonyl (C=O) groups is 1. The molecule has 138 valence electrons. The zero-order chi connectivity index (χ0) is 19.3. The number of halogens is 1. The van der Waals surface area contributed by atoms with Crippen LogP contribution in [0.5, 0.6) is 0 Å². The molecule has 0 saturated heterocycles. The van der Waals surface area contributed by atoms with Gasteiger partial charge in [0.2, 0.25) is 0 Å². The fourth-order valence-electron chi connectivity index (χ4n) is 4.21. The lowest BCUT2D eigenvalue weighted by molar-refractivity contribution is -0.138. The van der Waals surface area contributed by atoms with E-state index in [0.717, 1.165) is 50.8 Å². The molecular formula is C24H17ClO3. The average molecular weight is 389 g/mol. The first kappa shape index (κ1) is 17.1. The maximum Gasteiger partial charge on any atom is 0.310 e. The second-order valence-electron chi connectivity index (χ2n) is 7.18. The third-order valence-electron chi connectivity index (χ3n) is 5.59. The second-order valence-corrected chi connectivity index (χ2v) is 7.59. The van der Waals surface area contributed by atoms with E-state index in [2.05, 4.69) is 18.2 Å². The summed E-state index contributed by atoms with van der Waals surface area (Å²) in [6.07, 6.45) is 3.15. The van der Waals surface area contributed by atoms with Gasteiger partial charge in [-0.3, -0.25) is 4.79 Å². The number of hydrogen-bond donors (Lipinski definition) is 1. The standard InChI is InChI=1S/C24H17ClO3/c25-21-3-1-2-18(23(21)17-7-9-22-16(12-17)10-11-28-22)15-5-4-14-6-8-19(24(26)27)20(14)13-15/h1-5,7,9-13,19H,6,8H2,(H,26,27). The highest BCUT2D eigenvalue weighted by atomic mass is 35.5. The van der Waals surface area contributed by atoms with Crippen molar-refractivity contribution in [3.63, 3.8) is 0 Å². The number of carboxylic acid groups (broad SMARTS) is 1. The quantitative estimate of drug-likeness (QED) is 0.433. The summed E-state index contributed by atoms with van der Waals surface area (Å²) in [5.74, 6) is -1.19. The van der Waals surface area contributed by atoms with Gasteiger partial charge in [0.15, 0.2) is 0 Å². The zero-order valence-corrected chi connectivity index (χ0v) is 15.7. The first-order valence-electron chi connectivity index (χ1n) is 9.24. The van der Waals surface area contributed by atoms with Crippen LogP contribution in [0, 0.1) is 0 Å². The first-order valence-corrected chi connectivity index (χ1v) is 9.62. The van der Waals surface area contributed by atoms with Gasteiger partial charge >= 0.3 is 5.97 Å². The molecule has 5 rings (SSSR count). The number of hydrogen-bond acceptors (Lipinski definition) is 2. The molecule has 4 aromatic rings. The normalized spacial score (nSPS) is 15.7. The minimum absolute atomic E-state index is 0.431. The van der Waals surface area contributed by atoms with Gasteiger partial charge in [-0.25, -0.2) is 0 Å². The van der Waals surface area contributed by atoms with Gasteiger partial charge in [0, 0.05) is 16.0 Å². The maximum absolute atomic E-state index is 11.6. The molecule has 0 saturated carbocycles. The molecule has 1 N–H and O–H groups in total. The van der Waals surface area contributed by atoms with E-state index in [1.165, 1.54) is 0 Å². The highest BCUT2D eigenvalue weighted by Gasteiger charge is 2.28. The van der Waals surface area contributed by atoms with Crippen LogP contribution in [0.15, 0.2) is 71.3 Å². The van der Waals surface area contributed by atoms with Crippen LogP contribution in [0.2, 0.25) is 5.02 Å². The lowest BCUT2D eigenvalue weighted by atomic mass is 9.91. The van der Waals surface area contributed by atoms with Crippen LogP contribution in [-0.4, -0.2) is 11.1 Å². The zero-order valence-electron chi connectivity index (χ0n) is 15.0. The second kappa shape index (κ2) is 6.54. The van der Waals surface area contributed by atoms with Crippen LogP contribution in [0.4, 0.5) is 0 Å². The fourth-order valence-corrected chi connectivity index (χ4v) is 4.49. The molecular weight excluding hydrogens is 372 g/mol. The van der Waals surface area contributed by atoms with Gasteiger partial charge in [-0.1, -0.05) is 41.9 Å². The number of rotatable bonds is 3. The smallest absolute Gasteiger partial charge is 0.310 e. The summed E-state index contributed by atoms with van der Waals surface area (Å²) in [7, 11) is 0. The van der Waals surface area contributed by atoms with Crippen molar-refractivity contribution in [2.24, 2.45) is 0 Å². The van der Waals surface area contributed by atoms with Crippen LogP contribution in [0.3, 0.4) is 0 Å². The minimum atomic E-state index is -0.757.